The van der Waals surface area contributed by atoms with Crippen LogP contribution in [-0.2, 0) is 4.74 Å². The molecule has 0 unspecified atom stereocenters. The van der Waals surface area contributed by atoms with E-state index in [1.165, 1.54) is 25.3 Å². The SMILES string of the molecule is COC(=O)Oc1cccc(C(=O)Cl)c1. The molecule has 0 N–H and O–H groups in total. The minimum Gasteiger partial charge on any atom is -0.437 e. The average Bonchev–Trinajstić information content (AvgIpc) is 2.18. The first kappa shape index (κ1) is 10.5. The molecule has 0 bridgehead atoms. The summed E-state index contributed by atoms with van der Waals surface area (Å²) in [6.45, 7) is 0. The van der Waals surface area contributed by atoms with E-state index in [0.717, 1.165) is 0 Å². The van der Waals surface area contributed by atoms with Crippen molar-refractivity contribution in [3.8, 4) is 5.75 Å². The molecule has 0 atom stereocenters. The molecule has 0 heterocycles. The van der Waals surface area contributed by atoms with E-state index in [0.29, 0.717) is 0 Å². The molecule has 1 rings (SSSR count). The van der Waals surface area contributed by atoms with E-state index in [4.69, 9.17) is 11.6 Å². The highest BCUT2D eigenvalue weighted by molar-refractivity contribution is 6.67. The maximum atomic E-state index is 10.7. The number of halogens is 1. The average molecular weight is 215 g/mol. The Balaban J connectivity index is 2.83. The number of carbonyl (C=O) groups is 2. The van der Waals surface area contributed by atoms with E-state index in [9.17, 15) is 9.59 Å². The molecule has 0 saturated carbocycles. The topological polar surface area (TPSA) is 52.6 Å². The Bertz CT molecular complexity index is 362. The molecule has 0 spiro atoms. The van der Waals surface area contributed by atoms with Crippen molar-refractivity contribution in [3.63, 3.8) is 0 Å². The van der Waals surface area contributed by atoms with Gasteiger partial charge in [0, 0.05) is 5.56 Å². The molecule has 4 nitrogen and oxygen atoms in total. The van der Waals surface area contributed by atoms with Crippen LogP contribution in [0.5, 0.6) is 5.75 Å². The van der Waals surface area contributed by atoms with Crippen molar-refractivity contribution in [2.45, 2.75) is 0 Å². The van der Waals surface area contributed by atoms with Crippen LogP contribution in [-0.4, -0.2) is 18.5 Å². The second kappa shape index (κ2) is 4.62. The van der Waals surface area contributed by atoms with Gasteiger partial charge in [-0.15, -0.1) is 0 Å². The second-order valence-electron chi connectivity index (χ2n) is 2.36. The van der Waals surface area contributed by atoms with Crippen molar-refractivity contribution < 1.29 is 19.1 Å². The number of ether oxygens (including phenoxy) is 2. The van der Waals surface area contributed by atoms with Gasteiger partial charge >= 0.3 is 6.16 Å². The number of carbonyl (C=O) groups excluding carboxylic acids is 2. The van der Waals surface area contributed by atoms with Crippen LogP contribution in [0.15, 0.2) is 24.3 Å². The van der Waals surface area contributed by atoms with Crippen LogP contribution in [0.2, 0.25) is 0 Å². The van der Waals surface area contributed by atoms with Gasteiger partial charge in [-0.1, -0.05) is 6.07 Å². The molecule has 0 aliphatic rings. The third-order valence-corrected chi connectivity index (χ3v) is 1.65. The summed E-state index contributed by atoms with van der Waals surface area (Å²) in [6.07, 6.45) is -0.843. The largest absolute Gasteiger partial charge is 0.513 e. The summed E-state index contributed by atoms with van der Waals surface area (Å²) >= 11 is 5.23. The standard InChI is InChI=1S/C9H7ClO4/c1-13-9(12)14-7-4-2-3-6(5-7)8(10)11/h2-5H,1H3. The van der Waals surface area contributed by atoms with Gasteiger partial charge in [-0.05, 0) is 29.8 Å². The monoisotopic (exact) mass is 214 g/mol. The Morgan fingerprint density at radius 1 is 1.36 bits per heavy atom. The summed E-state index contributed by atoms with van der Waals surface area (Å²) in [5.41, 5.74) is 0.257. The lowest BCUT2D eigenvalue weighted by atomic mass is 10.2. The lowest BCUT2D eigenvalue weighted by molar-refractivity contribution is 0.107. The van der Waals surface area contributed by atoms with Crippen molar-refractivity contribution in [2.75, 3.05) is 7.11 Å². The Morgan fingerprint density at radius 2 is 2.07 bits per heavy atom. The van der Waals surface area contributed by atoms with E-state index < -0.39 is 11.4 Å². The van der Waals surface area contributed by atoms with Crippen LogP contribution < -0.4 is 4.74 Å². The quantitative estimate of drug-likeness (QED) is 0.430. The van der Waals surface area contributed by atoms with Gasteiger partial charge in [0.05, 0.1) is 7.11 Å². The van der Waals surface area contributed by atoms with Crippen LogP contribution in [0.4, 0.5) is 4.79 Å². The number of hydrogen-bond acceptors (Lipinski definition) is 4. The fourth-order valence-electron chi connectivity index (χ4n) is 0.820. The molecule has 14 heavy (non-hydrogen) atoms. The molecule has 74 valence electrons. The normalized spacial score (nSPS) is 9.29. The van der Waals surface area contributed by atoms with Crippen molar-refractivity contribution in [1.29, 1.82) is 0 Å². The molecule has 1 aromatic rings. The first-order chi connectivity index (χ1) is 6.63. The summed E-state index contributed by atoms with van der Waals surface area (Å²) in [7, 11) is 1.19. The molecule has 5 heteroatoms. The van der Waals surface area contributed by atoms with Crippen LogP contribution >= 0.6 is 11.6 Å². The highest BCUT2D eigenvalue weighted by Crippen LogP contribution is 2.15. The van der Waals surface area contributed by atoms with Gasteiger partial charge in [0.1, 0.15) is 5.75 Å². The predicted octanol–water partition coefficient (Wildman–Crippen LogP) is 2.21. The molecular weight excluding hydrogens is 208 g/mol. The summed E-state index contributed by atoms with van der Waals surface area (Å²) < 4.78 is 8.96. The van der Waals surface area contributed by atoms with Gasteiger partial charge in [-0.25, -0.2) is 4.79 Å². The summed E-state index contributed by atoms with van der Waals surface area (Å²) in [5.74, 6) is 0.211. The molecule has 0 aromatic heterocycles. The molecule has 0 amide bonds. The molecule has 0 radical (unpaired) electrons. The molecule has 0 fully saturated rings. The molecular formula is C9H7ClO4. The minimum atomic E-state index is -0.843. The molecule has 0 saturated heterocycles. The lowest BCUT2D eigenvalue weighted by Crippen LogP contribution is -2.07. The van der Waals surface area contributed by atoms with Crippen molar-refractivity contribution in [1.82, 2.24) is 0 Å². The highest BCUT2D eigenvalue weighted by Gasteiger charge is 2.06. The molecule has 0 aliphatic carbocycles. The van der Waals surface area contributed by atoms with E-state index in [1.54, 1.807) is 6.07 Å². The lowest BCUT2D eigenvalue weighted by Gasteiger charge is -2.02. The van der Waals surface area contributed by atoms with Crippen LogP contribution in [0.1, 0.15) is 10.4 Å². The Hall–Kier alpha value is -1.55. The number of methoxy groups -OCH3 is 1. The number of hydrogen-bond donors (Lipinski definition) is 0. The van der Waals surface area contributed by atoms with Crippen LogP contribution in [0.3, 0.4) is 0 Å². The van der Waals surface area contributed by atoms with E-state index in [-0.39, 0.29) is 11.3 Å². The van der Waals surface area contributed by atoms with E-state index >= 15 is 0 Å². The maximum absolute atomic E-state index is 10.7. The molecule has 0 aliphatic heterocycles. The highest BCUT2D eigenvalue weighted by atomic mass is 35.5. The summed E-state index contributed by atoms with van der Waals surface area (Å²) in [4.78, 5) is 21.4. The number of benzene rings is 1. The van der Waals surface area contributed by atoms with E-state index in [2.05, 4.69) is 9.47 Å². The first-order valence-corrected chi connectivity index (χ1v) is 4.07. The van der Waals surface area contributed by atoms with Crippen LogP contribution in [0, 0.1) is 0 Å². The zero-order valence-electron chi connectivity index (χ0n) is 7.32. The van der Waals surface area contributed by atoms with Gasteiger partial charge in [-0.2, -0.15) is 0 Å². The van der Waals surface area contributed by atoms with Gasteiger partial charge in [0.25, 0.3) is 5.24 Å². The van der Waals surface area contributed by atoms with Gasteiger partial charge < -0.3 is 9.47 Å². The minimum absolute atomic E-state index is 0.211. The zero-order valence-corrected chi connectivity index (χ0v) is 8.08. The zero-order chi connectivity index (χ0) is 10.6. The smallest absolute Gasteiger partial charge is 0.437 e. The fraction of sp³-hybridized carbons (Fsp3) is 0.111. The Kier molecular flexibility index (Phi) is 3.48. The van der Waals surface area contributed by atoms with Crippen LogP contribution in [0.25, 0.3) is 0 Å². The van der Waals surface area contributed by atoms with Crippen molar-refractivity contribution in [3.05, 3.63) is 29.8 Å². The number of rotatable bonds is 2. The van der Waals surface area contributed by atoms with Gasteiger partial charge in [-0.3, -0.25) is 4.79 Å². The van der Waals surface area contributed by atoms with Crippen molar-refractivity contribution in [2.24, 2.45) is 0 Å². The Morgan fingerprint density at radius 3 is 2.64 bits per heavy atom. The first-order valence-electron chi connectivity index (χ1n) is 3.69. The Labute approximate surface area is 85.4 Å². The predicted molar refractivity (Wildman–Crippen MR) is 49.7 cm³/mol. The molecule has 1 aromatic carbocycles. The van der Waals surface area contributed by atoms with Gasteiger partial charge in [0.15, 0.2) is 0 Å². The maximum Gasteiger partial charge on any atom is 0.513 e. The third kappa shape index (κ3) is 2.74. The van der Waals surface area contributed by atoms with E-state index in [1.807, 2.05) is 0 Å². The fourth-order valence-corrected chi connectivity index (χ4v) is 0.937. The second-order valence-corrected chi connectivity index (χ2v) is 2.70. The summed E-state index contributed by atoms with van der Waals surface area (Å²) in [6, 6.07) is 5.93. The third-order valence-electron chi connectivity index (χ3n) is 1.43. The van der Waals surface area contributed by atoms with Gasteiger partial charge in [0.2, 0.25) is 0 Å². The van der Waals surface area contributed by atoms with Crippen molar-refractivity contribution >= 4 is 23.0 Å². The summed E-state index contributed by atoms with van der Waals surface area (Å²) in [5, 5.41) is -0.611.